The van der Waals surface area contributed by atoms with Crippen molar-refractivity contribution in [2.75, 3.05) is 13.7 Å². The fourth-order valence-electron chi connectivity index (χ4n) is 1.20. The van der Waals surface area contributed by atoms with Crippen LogP contribution in [-0.4, -0.2) is 18.6 Å². The molecule has 1 heterocycles. The molecule has 1 rings (SSSR count). The average Bonchev–Trinajstić information content (AvgIpc) is 2.66. The topological polar surface area (TPSA) is 47.3 Å². The Morgan fingerprint density at radius 1 is 1.57 bits per heavy atom. The molecule has 80 valence electrons. The van der Waals surface area contributed by atoms with Crippen LogP contribution in [0.3, 0.4) is 0 Å². The number of nitrogens with zero attached hydrogens (tertiary/aromatic N) is 1. The maximum Gasteiger partial charge on any atom is 0.211 e. The molecular formula is C10H18N2O2. The first-order chi connectivity index (χ1) is 6.69. The smallest absolute Gasteiger partial charge is 0.211 e. The lowest BCUT2D eigenvalue weighted by molar-refractivity contribution is 0.0976. The molecule has 1 aromatic heterocycles. The van der Waals surface area contributed by atoms with Crippen LogP contribution >= 0.6 is 0 Å². The molecule has 0 spiro atoms. The van der Waals surface area contributed by atoms with Crippen LogP contribution in [0.4, 0.5) is 0 Å². The predicted octanol–water partition coefficient (Wildman–Crippen LogP) is 2.05. The number of nitrogens with one attached hydrogen (secondary N) is 1. The Morgan fingerprint density at radius 2 is 2.29 bits per heavy atom. The molecule has 0 amide bonds. The molecule has 0 aliphatic heterocycles. The van der Waals surface area contributed by atoms with Gasteiger partial charge in [0.05, 0.1) is 12.2 Å². The summed E-state index contributed by atoms with van der Waals surface area (Å²) < 4.78 is 10.7. The maximum absolute atomic E-state index is 5.55. The van der Waals surface area contributed by atoms with E-state index in [1.807, 2.05) is 13.8 Å². The molecule has 4 nitrogen and oxygen atoms in total. The van der Waals surface area contributed by atoms with E-state index in [4.69, 9.17) is 9.15 Å². The van der Waals surface area contributed by atoms with Crippen molar-refractivity contribution in [3.8, 4) is 0 Å². The van der Waals surface area contributed by atoms with Crippen LogP contribution in [0.2, 0.25) is 0 Å². The average molecular weight is 198 g/mol. The summed E-state index contributed by atoms with van der Waals surface area (Å²) >= 11 is 0. The van der Waals surface area contributed by atoms with Crippen molar-refractivity contribution in [3.05, 3.63) is 17.8 Å². The summed E-state index contributed by atoms with van der Waals surface area (Å²) in [4.78, 5) is 4.19. The Bertz CT molecular complexity index is 273. The van der Waals surface area contributed by atoms with E-state index in [9.17, 15) is 0 Å². The fourth-order valence-corrected chi connectivity index (χ4v) is 1.20. The standard InChI is InChI=1S/C10H18N2O2/c1-5-11-7(2)10-12-6-9(14-10)8(3)13-4/h6-8,11H,5H2,1-4H3. The molecule has 1 N–H and O–H groups in total. The molecule has 2 unspecified atom stereocenters. The molecule has 0 radical (unpaired) electrons. The molecule has 4 heteroatoms. The highest BCUT2D eigenvalue weighted by Crippen LogP contribution is 2.19. The van der Waals surface area contributed by atoms with Gasteiger partial charge in [0.2, 0.25) is 5.89 Å². The van der Waals surface area contributed by atoms with E-state index in [-0.39, 0.29) is 12.1 Å². The van der Waals surface area contributed by atoms with E-state index in [1.165, 1.54) is 0 Å². The van der Waals surface area contributed by atoms with Crippen LogP contribution in [0.1, 0.15) is 44.6 Å². The number of hydrogen-bond donors (Lipinski definition) is 1. The van der Waals surface area contributed by atoms with Crippen LogP contribution in [0, 0.1) is 0 Å². The van der Waals surface area contributed by atoms with Gasteiger partial charge in [-0.15, -0.1) is 0 Å². The van der Waals surface area contributed by atoms with Crippen molar-refractivity contribution in [3.63, 3.8) is 0 Å². The zero-order valence-corrected chi connectivity index (χ0v) is 9.20. The molecule has 2 atom stereocenters. The second kappa shape index (κ2) is 5.12. The summed E-state index contributed by atoms with van der Waals surface area (Å²) in [6, 6.07) is 0.151. The van der Waals surface area contributed by atoms with Crippen LogP contribution < -0.4 is 5.32 Å². The molecule has 0 aromatic carbocycles. The van der Waals surface area contributed by atoms with E-state index >= 15 is 0 Å². The summed E-state index contributed by atoms with van der Waals surface area (Å²) in [6.07, 6.45) is 1.68. The van der Waals surface area contributed by atoms with E-state index in [1.54, 1.807) is 13.3 Å². The number of aromatic nitrogens is 1. The third-order valence-corrected chi connectivity index (χ3v) is 2.18. The van der Waals surface area contributed by atoms with Gasteiger partial charge in [0, 0.05) is 7.11 Å². The Balaban J connectivity index is 2.67. The summed E-state index contributed by atoms with van der Waals surface area (Å²) in [6.45, 7) is 6.91. The molecule has 0 aliphatic carbocycles. The monoisotopic (exact) mass is 198 g/mol. The molecular weight excluding hydrogens is 180 g/mol. The summed E-state index contributed by atoms with van der Waals surface area (Å²) in [5.74, 6) is 1.48. The lowest BCUT2D eigenvalue weighted by Gasteiger charge is -2.08. The minimum absolute atomic E-state index is 0.0370. The number of methoxy groups -OCH3 is 1. The zero-order chi connectivity index (χ0) is 10.6. The first-order valence-corrected chi connectivity index (χ1v) is 4.90. The third kappa shape index (κ3) is 2.56. The van der Waals surface area contributed by atoms with Gasteiger partial charge in [-0.3, -0.25) is 0 Å². The maximum atomic E-state index is 5.55. The van der Waals surface area contributed by atoms with Crippen molar-refractivity contribution in [1.29, 1.82) is 0 Å². The van der Waals surface area contributed by atoms with Crippen LogP contribution in [-0.2, 0) is 4.74 Å². The predicted molar refractivity (Wildman–Crippen MR) is 54.0 cm³/mol. The molecule has 14 heavy (non-hydrogen) atoms. The zero-order valence-electron chi connectivity index (χ0n) is 9.20. The van der Waals surface area contributed by atoms with Gasteiger partial charge in [0.25, 0.3) is 0 Å². The van der Waals surface area contributed by atoms with Gasteiger partial charge >= 0.3 is 0 Å². The minimum atomic E-state index is -0.0370. The largest absolute Gasteiger partial charge is 0.441 e. The SMILES string of the molecule is CCNC(C)c1ncc(C(C)OC)o1. The Morgan fingerprint density at radius 3 is 2.86 bits per heavy atom. The number of hydrogen-bond acceptors (Lipinski definition) is 4. The molecule has 0 bridgehead atoms. The van der Waals surface area contributed by atoms with Crippen molar-refractivity contribution < 1.29 is 9.15 Å². The number of ether oxygens (including phenoxy) is 1. The number of rotatable bonds is 5. The van der Waals surface area contributed by atoms with Crippen LogP contribution in [0.5, 0.6) is 0 Å². The minimum Gasteiger partial charge on any atom is -0.441 e. The van der Waals surface area contributed by atoms with Crippen molar-refractivity contribution >= 4 is 0 Å². The van der Waals surface area contributed by atoms with Crippen molar-refractivity contribution in [2.45, 2.75) is 32.9 Å². The first-order valence-electron chi connectivity index (χ1n) is 4.90. The fraction of sp³-hybridized carbons (Fsp3) is 0.700. The number of oxazole rings is 1. The van der Waals surface area contributed by atoms with Gasteiger partial charge in [0.15, 0.2) is 5.76 Å². The van der Waals surface area contributed by atoms with Gasteiger partial charge in [-0.1, -0.05) is 6.92 Å². The quantitative estimate of drug-likeness (QED) is 0.786. The highest BCUT2D eigenvalue weighted by atomic mass is 16.5. The lowest BCUT2D eigenvalue weighted by Crippen LogP contribution is -2.17. The first kappa shape index (κ1) is 11.2. The Kier molecular flexibility index (Phi) is 4.10. The third-order valence-electron chi connectivity index (χ3n) is 2.18. The second-order valence-corrected chi connectivity index (χ2v) is 3.26. The summed E-state index contributed by atoms with van der Waals surface area (Å²) in [7, 11) is 1.65. The summed E-state index contributed by atoms with van der Waals surface area (Å²) in [5.41, 5.74) is 0. The summed E-state index contributed by atoms with van der Waals surface area (Å²) in [5, 5.41) is 3.23. The van der Waals surface area contributed by atoms with E-state index in [0.717, 1.165) is 12.3 Å². The van der Waals surface area contributed by atoms with Gasteiger partial charge in [-0.25, -0.2) is 4.98 Å². The van der Waals surface area contributed by atoms with E-state index in [2.05, 4.69) is 17.2 Å². The normalized spacial score (nSPS) is 15.4. The lowest BCUT2D eigenvalue weighted by atomic mass is 10.3. The highest BCUT2D eigenvalue weighted by Gasteiger charge is 2.14. The van der Waals surface area contributed by atoms with E-state index in [0.29, 0.717) is 5.89 Å². The Labute approximate surface area is 84.7 Å². The molecule has 0 saturated carbocycles. The van der Waals surface area contributed by atoms with Gasteiger partial charge in [0.1, 0.15) is 6.10 Å². The Hall–Kier alpha value is -0.870. The van der Waals surface area contributed by atoms with E-state index < -0.39 is 0 Å². The van der Waals surface area contributed by atoms with Crippen LogP contribution in [0.15, 0.2) is 10.6 Å². The van der Waals surface area contributed by atoms with Gasteiger partial charge < -0.3 is 14.5 Å². The molecule has 1 aromatic rings. The van der Waals surface area contributed by atoms with Gasteiger partial charge in [-0.2, -0.15) is 0 Å². The molecule has 0 aliphatic rings. The van der Waals surface area contributed by atoms with Crippen LogP contribution in [0.25, 0.3) is 0 Å². The molecule has 0 saturated heterocycles. The molecule has 0 fully saturated rings. The van der Waals surface area contributed by atoms with Gasteiger partial charge in [-0.05, 0) is 20.4 Å². The van der Waals surface area contributed by atoms with Crippen molar-refractivity contribution in [2.24, 2.45) is 0 Å². The second-order valence-electron chi connectivity index (χ2n) is 3.26. The highest BCUT2D eigenvalue weighted by molar-refractivity contribution is 4.99. The van der Waals surface area contributed by atoms with Crippen molar-refractivity contribution in [1.82, 2.24) is 10.3 Å².